The molecular weight excluding hydrogens is 284 g/mol. The maximum Gasteiger partial charge on any atom is 0.328 e. The van der Waals surface area contributed by atoms with Crippen LogP contribution in [0.25, 0.3) is 0 Å². The Morgan fingerprint density at radius 2 is 2.11 bits per heavy atom. The van der Waals surface area contributed by atoms with Gasteiger partial charge in [-0.3, -0.25) is 0 Å². The highest BCUT2D eigenvalue weighted by molar-refractivity contribution is 7.80. The van der Waals surface area contributed by atoms with Gasteiger partial charge in [-0.1, -0.05) is 37.7 Å². The molecule has 0 saturated heterocycles. The molecule has 1 unspecified atom stereocenters. The van der Waals surface area contributed by atoms with Crippen molar-refractivity contribution in [1.82, 2.24) is 0 Å². The second-order valence-corrected chi connectivity index (χ2v) is 5.30. The Balaban J connectivity index is 2.97. The fourth-order valence-electron chi connectivity index (χ4n) is 1.58. The van der Waals surface area contributed by atoms with Crippen LogP contribution in [0.1, 0.15) is 19.4 Å². The van der Waals surface area contributed by atoms with E-state index in [1.54, 1.807) is 18.2 Å². The zero-order valence-corrected chi connectivity index (χ0v) is 12.6. The average molecular weight is 301 g/mol. The van der Waals surface area contributed by atoms with Gasteiger partial charge in [0.15, 0.2) is 0 Å². The van der Waals surface area contributed by atoms with Gasteiger partial charge in [-0.15, -0.1) is 0 Å². The Kier molecular flexibility index (Phi) is 5.57. The summed E-state index contributed by atoms with van der Waals surface area (Å²) in [7, 11) is 1.36. The molecule has 19 heavy (non-hydrogen) atoms. The minimum Gasteiger partial charge on any atom is -0.467 e. The maximum absolute atomic E-state index is 11.7. The molecule has 0 aromatic heterocycles. The Hall–Kier alpha value is -1.33. The number of halogens is 1. The van der Waals surface area contributed by atoms with Gasteiger partial charge < -0.3 is 15.8 Å². The lowest BCUT2D eigenvalue weighted by Crippen LogP contribution is -2.35. The van der Waals surface area contributed by atoms with E-state index in [1.807, 2.05) is 13.8 Å². The van der Waals surface area contributed by atoms with Crippen LogP contribution in [-0.4, -0.2) is 24.1 Å². The fraction of sp³-hybridized carbons (Fsp3) is 0.385. The zero-order valence-electron chi connectivity index (χ0n) is 11.1. The molecule has 1 aromatic carbocycles. The number of thiocarbonyl (C=S) groups is 1. The maximum atomic E-state index is 11.7. The molecule has 104 valence electrons. The van der Waals surface area contributed by atoms with Crippen molar-refractivity contribution in [2.45, 2.75) is 19.9 Å². The second kappa shape index (κ2) is 6.73. The quantitative estimate of drug-likeness (QED) is 0.646. The number of rotatable bonds is 5. The Morgan fingerprint density at radius 3 is 2.53 bits per heavy atom. The number of methoxy groups -OCH3 is 1. The number of nitrogens with one attached hydrogen (secondary N) is 1. The van der Waals surface area contributed by atoms with Crippen molar-refractivity contribution in [3.8, 4) is 0 Å². The summed E-state index contributed by atoms with van der Waals surface area (Å²) in [5.74, 6) is -0.261. The van der Waals surface area contributed by atoms with E-state index in [0.29, 0.717) is 16.3 Å². The van der Waals surface area contributed by atoms with Crippen LogP contribution in [0, 0.1) is 5.92 Å². The van der Waals surface area contributed by atoms with Crippen LogP contribution in [0.5, 0.6) is 0 Å². The molecule has 6 heteroatoms. The zero-order chi connectivity index (χ0) is 14.6. The molecular formula is C13H17ClN2O2S. The molecule has 0 saturated carbocycles. The Bertz CT molecular complexity index is 492. The van der Waals surface area contributed by atoms with Gasteiger partial charge in [0.2, 0.25) is 0 Å². The molecule has 1 aromatic rings. The molecule has 0 bridgehead atoms. The standard InChI is InChI=1S/C13H17ClN2O2S/c1-7(2)11(13(17)18-3)16-10-5-4-8(12(15)19)6-9(10)14/h4-7,11,16H,1-3H3,(H2,15,19). The fourth-order valence-corrected chi connectivity index (χ4v) is 1.94. The van der Waals surface area contributed by atoms with Crippen LogP contribution in [0.3, 0.4) is 0 Å². The molecule has 4 nitrogen and oxygen atoms in total. The number of anilines is 1. The first kappa shape index (κ1) is 15.7. The van der Waals surface area contributed by atoms with Gasteiger partial charge in [-0.2, -0.15) is 0 Å². The summed E-state index contributed by atoms with van der Waals surface area (Å²) in [5.41, 5.74) is 6.86. The van der Waals surface area contributed by atoms with Gasteiger partial charge >= 0.3 is 5.97 Å². The number of carbonyl (C=O) groups excluding carboxylic acids is 1. The monoisotopic (exact) mass is 300 g/mol. The van der Waals surface area contributed by atoms with Crippen LogP contribution in [-0.2, 0) is 9.53 Å². The first-order valence-electron chi connectivity index (χ1n) is 5.80. The minimum absolute atomic E-state index is 0.0683. The first-order valence-corrected chi connectivity index (χ1v) is 6.59. The lowest BCUT2D eigenvalue weighted by Gasteiger charge is -2.21. The predicted molar refractivity (Wildman–Crippen MR) is 81.6 cm³/mol. The lowest BCUT2D eigenvalue weighted by atomic mass is 10.0. The number of benzene rings is 1. The number of nitrogens with two attached hydrogens (primary N) is 1. The molecule has 0 amide bonds. The highest BCUT2D eigenvalue weighted by Gasteiger charge is 2.23. The topological polar surface area (TPSA) is 64.3 Å². The summed E-state index contributed by atoms with van der Waals surface area (Å²) in [6.07, 6.45) is 0. The van der Waals surface area contributed by atoms with E-state index >= 15 is 0 Å². The Morgan fingerprint density at radius 1 is 1.47 bits per heavy atom. The number of ether oxygens (including phenoxy) is 1. The van der Waals surface area contributed by atoms with Crippen LogP contribution in [0.4, 0.5) is 5.69 Å². The molecule has 3 N–H and O–H groups in total. The van der Waals surface area contributed by atoms with Crippen LogP contribution < -0.4 is 11.1 Å². The SMILES string of the molecule is COC(=O)C(Nc1ccc(C(N)=S)cc1Cl)C(C)C. The first-order chi connectivity index (χ1) is 8.86. The molecule has 0 fully saturated rings. The van der Waals surface area contributed by atoms with Gasteiger partial charge in [0.25, 0.3) is 0 Å². The van der Waals surface area contributed by atoms with Crippen LogP contribution >= 0.6 is 23.8 Å². The van der Waals surface area contributed by atoms with Crippen molar-refractivity contribution < 1.29 is 9.53 Å². The molecule has 0 heterocycles. The van der Waals surface area contributed by atoms with Crippen molar-refractivity contribution in [3.63, 3.8) is 0 Å². The van der Waals surface area contributed by atoms with E-state index < -0.39 is 6.04 Å². The van der Waals surface area contributed by atoms with E-state index in [0.717, 1.165) is 0 Å². The number of esters is 1. The highest BCUT2D eigenvalue weighted by Crippen LogP contribution is 2.25. The van der Waals surface area contributed by atoms with E-state index in [-0.39, 0.29) is 16.9 Å². The second-order valence-electron chi connectivity index (χ2n) is 4.45. The van der Waals surface area contributed by atoms with Crippen molar-refractivity contribution in [1.29, 1.82) is 0 Å². The van der Waals surface area contributed by atoms with E-state index in [4.69, 9.17) is 34.3 Å². The van der Waals surface area contributed by atoms with E-state index in [9.17, 15) is 4.79 Å². The third kappa shape index (κ3) is 4.08. The van der Waals surface area contributed by atoms with Crippen molar-refractivity contribution in [2.24, 2.45) is 11.7 Å². The molecule has 1 rings (SSSR count). The van der Waals surface area contributed by atoms with Gasteiger partial charge in [-0.05, 0) is 24.1 Å². The highest BCUT2D eigenvalue weighted by atomic mass is 35.5. The molecule has 0 aliphatic carbocycles. The molecule has 0 aliphatic heterocycles. The summed E-state index contributed by atoms with van der Waals surface area (Å²) in [4.78, 5) is 12.0. The minimum atomic E-state index is -0.460. The predicted octanol–water partition coefficient (Wildman–Crippen LogP) is 2.58. The van der Waals surface area contributed by atoms with E-state index in [2.05, 4.69) is 5.32 Å². The molecule has 1 atom stereocenters. The number of hydrogen-bond donors (Lipinski definition) is 2. The van der Waals surface area contributed by atoms with Gasteiger partial charge in [0.1, 0.15) is 11.0 Å². The van der Waals surface area contributed by atoms with Gasteiger partial charge in [0.05, 0.1) is 17.8 Å². The molecule has 0 spiro atoms. The van der Waals surface area contributed by atoms with Gasteiger partial charge in [-0.25, -0.2) is 4.79 Å². The number of hydrogen-bond acceptors (Lipinski definition) is 4. The van der Waals surface area contributed by atoms with E-state index in [1.165, 1.54) is 7.11 Å². The summed E-state index contributed by atoms with van der Waals surface area (Å²) >= 11 is 11.0. The van der Waals surface area contributed by atoms with Gasteiger partial charge in [0, 0.05) is 5.56 Å². The smallest absolute Gasteiger partial charge is 0.328 e. The Labute approximate surface area is 123 Å². The van der Waals surface area contributed by atoms with Crippen LogP contribution in [0.2, 0.25) is 5.02 Å². The molecule has 0 aliphatic rings. The summed E-state index contributed by atoms with van der Waals surface area (Å²) < 4.78 is 4.76. The van der Waals surface area contributed by atoms with Crippen LogP contribution in [0.15, 0.2) is 18.2 Å². The lowest BCUT2D eigenvalue weighted by molar-refractivity contribution is -0.142. The van der Waals surface area contributed by atoms with Crippen molar-refractivity contribution in [2.75, 3.05) is 12.4 Å². The average Bonchev–Trinajstić information content (AvgIpc) is 2.35. The summed E-state index contributed by atoms with van der Waals surface area (Å²) in [6.45, 7) is 3.84. The number of carbonyl (C=O) groups is 1. The normalized spacial score (nSPS) is 12.1. The van der Waals surface area contributed by atoms with Crippen molar-refractivity contribution >= 4 is 40.5 Å². The third-order valence-corrected chi connectivity index (χ3v) is 3.23. The summed E-state index contributed by atoms with van der Waals surface area (Å²) in [5, 5.41) is 3.53. The largest absolute Gasteiger partial charge is 0.467 e. The third-order valence-electron chi connectivity index (χ3n) is 2.69. The summed E-state index contributed by atoms with van der Waals surface area (Å²) in [6, 6.07) is 4.71. The molecule has 0 radical (unpaired) electrons. The van der Waals surface area contributed by atoms with Crippen molar-refractivity contribution in [3.05, 3.63) is 28.8 Å².